The van der Waals surface area contributed by atoms with Gasteiger partial charge in [-0.3, -0.25) is 4.79 Å². The second-order valence-corrected chi connectivity index (χ2v) is 4.97. The van der Waals surface area contributed by atoms with E-state index in [9.17, 15) is 4.79 Å². The minimum atomic E-state index is -0.641. The third-order valence-corrected chi connectivity index (χ3v) is 3.24. The number of nitrogens with one attached hydrogen (secondary N) is 2. The summed E-state index contributed by atoms with van der Waals surface area (Å²) in [4.78, 5) is 12.5. The van der Waals surface area contributed by atoms with Crippen LogP contribution in [0.2, 0.25) is 0 Å². The minimum absolute atomic E-state index is 0.119. The van der Waals surface area contributed by atoms with Gasteiger partial charge in [-0.15, -0.1) is 0 Å². The van der Waals surface area contributed by atoms with E-state index in [1.807, 2.05) is 67.7 Å². The smallest absolute Gasteiger partial charge is 0.265 e. The molecule has 0 aliphatic carbocycles. The number of hydrogen-bond acceptors (Lipinski definition) is 3. The fourth-order valence-corrected chi connectivity index (χ4v) is 2.11. The molecule has 22 heavy (non-hydrogen) atoms. The van der Waals surface area contributed by atoms with Crippen molar-refractivity contribution in [2.24, 2.45) is 0 Å². The number of ether oxygens (including phenoxy) is 1. The predicted octanol–water partition coefficient (Wildman–Crippen LogP) is 2.53. The van der Waals surface area contributed by atoms with E-state index < -0.39 is 6.10 Å². The summed E-state index contributed by atoms with van der Waals surface area (Å²) in [6, 6.07) is 19.0. The van der Waals surface area contributed by atoms with Gasteiger partial charge in [0.25, 0.3) is 5.91 Å². The monoisotopic (exact) mass is 298 g/mol. The van der Waals surface area contributed by atoms with Gasteiger partial charge in [0.1, 0.15) is 5.75 Å². The third kappa shape index (κ3) is 4.90. The van der Waals surface area contributed by atoms with Crippen molar-refractivity contribution in [3.8, 4) is 5.75 Å². The highest BCUT2D eigenvalue weighted by Gasteiger charge is 2.22. The van der Waals surface area contributed by atoms with Gasteiger partial charge in [-0.1, -0.05) is 48.5 Å². The first-order valence-electron chi connectivity index (χ1n) is 7.50. The maximum absolute atomic E-state index is 12.5. The van der Waals surface area contributed by atoms with Crippen LogP contribution in [0.15, 0.2) is 60.7 Å². The van der Waals surface area contributed by atoms with Gasteiger partial charge in [0, 0.05) is 12.1 Å². The Balaban J connectivity index is 2.06. The van der Waals surface area contributed by atoms with E-state index in [0.29, 0.717) is 12.3 Å². The fourth-order valence-electron chi connectivity index (χ4n) is 2.11. The average molecular weight is 298 g/mol. The molecule has 0 saturated heterocycles. The summed E-state index contributed by atoms with van der Waals surface area (Å²) in [5.74, 6) is 0.563. The Morgan fingerprint density at radius 2 is 1.64 bits per heavy atom. The topological polar surface area (TPSA) is 50.4 Å². The lowest BCUT2D eigenvalue weighted by Gasteiger charge is -2.19. The molecule has 1 amide bonds. The minimum Gasteiger partial charge on any atom is -0.476 e. The van der Waals surface area contributed by atoms with Crippen molar-refractivity contribution in [3.63, 3.8) is 0 Å². The lowest BCUT2D eigenvalue weighted by Crippen LogP contribution is -2.34. The van der Waals surface area contributed by atoms with Crippen LogP contribution >= 0.6 is 0 Å². The maximum Gasteiger partial charge on any atom is 0.265 e. The lowest BCUT2D eigenvalue weighted by molar-refractivity contribution is -0.128. The van der Waals surface area contributed by atoms with Crippen LogP contribution in [0.4, 0.5) is 0 Å². The first-order chi connectivity index (χ1) is 10.8. The van der Waals surface area contributed by atoms with Crippen molar-refractivity contribution in [2.45, 2.75) is 12.5 Å². The van der Waals surface area contributed by atoms with Gasteiger partial charge >= 0.3 is 0 Å². The molecule has 0 spiro atoms. The molecule has 0 heterocycles. The van der Waals surface area contributed by atoms with E-state index in [2.05, 4.69) is 10.6 Å². The fraction of sp³-hybridized carbons (Fsp3) is 0.278. The van der Waals surface area contributed by atoms with Crippen molar-refractivity contribution in [1.82, 2.24) is 10.6 Å². The average Bonchev–Trinajstić information content (AvgIpc) is 2.58. The van der Waals surface area contributed by atoms with Crippen molar-refractivity contribution in [1.29, 1.82) is 0 Å². The molecule has 4 nitrogen and oxygen atoms in total. The van der Waals surface area contributed by atoms with Crippen LogP contribution in [0, 0.1) is 0 Å². The normalized spacial score (nSPS) is 11.7. The first-order valence-corrected chi connectivity index (χ1v) is 7.50. The van der Waals surface area contributed by atoms with Crippen LogP contribution in [0.3, 0.4) is 0 Å². The van der Waals surface area contributed by atoms with Crippen molar-refractivity contribution in [3.05, 3.63) is 66.2 Å². The molecule has 2 rings (SSSR count). The van der Waals surface area contributed by atoms with Crippen molar-refractivity contribution < 1.29 is 9.53 Å². The quantitative estimate of drug-likeness (QED) is 0.736. The summed E-state index contributed by atoms with van der Waals surface area (Å²) < 4.78 is 5.89. The number of carbonyl (C=O) groups excluding carboxylic acids is 1. The van der Waals surface area contributed by atoms with E-state index in [0.717, 1.165) is 18.5 Å². The molecule has 0 saturated carbocycles. The highest BCUT2D eigenvalue weighted by molar-refractivity contribution is 5.82. The highest BCUT2D eigenvalue weighted by Crippen LogP contribution is 2.21. The Bertz CT molecular complexity index is 558. The molecule has 0 radical (unpaired) electrons. The zero-order valence-electron chi connectivity index (χ0n) is 12.8. The Labute approximate surface area is 131 Å². The van der Waals surface area contributed by atoms with Crippen LogP contribution in [-0.2, 0) is 4.79 Å². The second-order valence-electron chi connectivity index (χ2n) is 4.97. The SMILES string of the molecule is CNCCCNC(=O)C(Oc1ccccc1)c1ccccc1. The molecule has 116 valence electrons. The van der Waals surface area contributed by atoms with Gasteiger partial charge in [-0.2, -0.15) is 0 Å². The first kappa shape index (κ1) is 16.0. The summed E-state index contributed by atoms with van der Waals surface area (Å²) in [6.07, 6.45) is 0.243. The standard InChI is InChI=1S/C18H22N2O2/c1-19-13-8-14-20-18(21)17(15-9-4-2-5-10-15)22-16-11-6-3-7-12-16/h2-7,9-12,17,19H,8,13-14H2,1H3,(H,20,21). The molecular formula is C18H22N2O2. The van der Waals surface area contributed by atoms with E-state index in [-0.39, 0.29) is 5.91 Å². The summed E-state index contributed by atoms with van der Waals surface area (Å²) >= 11 is 0. The Morgan fingerprint density at radius 1 is 1.00 bits per heavy atom. The number of rotatable bonds is 8. The van der Waals surface area contributed by atoms with E-state index in [4.69, 9.17) is 4.74 Å². The van der Waals surface area contributed by atoms with Gasteiger partial charge < -0.3 is 15.4 Å². The largest absolute Gasteiger partial charge is 0.476 e. The molecule has 0 bridgehead atoms. The number of amides is 1. The Kier molecular flexibility index (Phi) is 6.45. The predicted molar refractivity (Wildman–Crippen MR) is 87.8 cm³/mol. The van der Waals surface area contributed by atoms with E-state index >= 15 is 0 Å². The van der Waals surface area contributed by atoms with E-state index in [1.54, 1.807) is 0 Å². The molecule has 4 heteroatoms. The van der Waals surface area contributed by atoms with E-state index in [1.165, 1.54) is 0 Å². The lowest BCUT2D eigenvalue weighted by atomic mass is 10.1. The molecule has 0 fully saturated rings. The van der Waals surface area contributed by atoms with Gasteiger partial charge in [-0.25, -0.2) is 0 Å². The molecule has 0 aliphatic rings. The van der Waals surface area contributed by atoms with Crippen LogP contribution in [0.5, 0.6) is 5.75 Å². The molecule has 1 atom stereocenters. The Hall–Kier alpha value is -2.33. The van der Waals surface area contributed by atoms with Gasteiger partial charge in [0.15, 0.2) is 0 Å². The summed E-state index contributed by atoms with van der Waals surface area (Å²) in [7, 11) is 1.90. The zero-order chi connectivity index (χ0) is 15.6. The maximum atomic E-state index is 12.5. The third-order valence-electron chi connectivity index (χ3n) is 3.24. The molecular weight excluding hydrogens is 276 g/mol. The molecule has 2 aromatic carbocycles. The second kappa shape index (κ2) is 8.85. The van der Waals surface area contributed by atoms with Crippen LogP contribution in [0.25, 0.3) is 0 Å². The van der Waals surface area contributed by atoms with Crippen molar-refractivity contribution in [2.75, 3.05) is 20.1 Å². The molecule has 2 N–H and O–H groups in total. The molecule has 0 aliphatic heterocycles. The van der Waals surface area contributed by atoms with Crippen LogP contribution < -0.4 is 15.4 Å². The highest BCUT2D eigenvalue weighted by atomic mass is 16.5. The number of carbonyl (C=O) groups is 1. The van der Waals surface area contributed by atoms with Crippen molar-refractivity contribution >= 4 is 5.91 Å². The summed E-state index contributed by atoms with van der Waals surface area (Å²) in [6.45, 7) is 1.50. The number of para-hydroxylation sites is 1. The summed E-state index contributed by atoms with van der Waals surface area (Å²) in [5, 5.41) is 5.99. The molecule has 0 aromatic heterocycles. The Morgan fingerprint density at radius 3 is 2.27 bits per heavy atom. The van der Waals surface area contributed by atoms with Crippen LogP contribution in [0.1, 0.15) is 18.1 Å². The zero-order valence-corrected chi connectivity index (χ0v) is 12.8. The van der Waals surface area contributed by atoms with Gasteiger partial charge in [0.2, 0.25) is 6.10 Å². The van der Waals surface area contributed by atoms with Crippen LogP contribution in [-0.4, -0.2) is 26.0 Å². The summed E-state index contributed by atoms with van der Waals surface area (Å²) in [5.41, 5.74) is 0.845. The molecule has 2 aromatic rings. The number of hydrogen-bond donors (Lipinski definition) is 2. The number of benzene rings is 2. The van der Waals surface area contributed by atoms with Gasteiger partial charge in [-0.05, 0) is 32.1 Å². The van der Waals surface area contributed by atoms with Gasteiger partial charge in [0.05, 0.1) is 0 Å². The molecule has 1 unspecified atom stereocenters.